The lowest BCUT2D eigenvalue weighted by atomic mass is 9.39. The highest BCUT2D eigenvalue weighted by Crippen LogP contribution is 2.04. The third-order valence-corrected chi connectivity index (χ3v) is 4.60. The van der Waals surface area contributed by atoms with E-state index in [0.717, 1.165) is 18.4 Å². The molecular formula is C24H25BN2. The summed E-state index contributed by atoms with van der Waals surface area (Å²) >= 11 is 0. The minimum absolute atomic E-state index is 0.535. The van der Waals surface area contributed by atoms with Gasteiger partial charge in [-0.2, -0.15) is 0 Å². The second-order valence-electron chi connectivity index (χ2n) is 6.52. The maximum Gasteiger partial charge on any atom is 0.209 e. The normalized spacial score (nSPS) is 9.96. The molecule has 0 radical (unpaired) electrons. The van der Waals surface area contributed by atoms with Crippen LogP contribution in [0.3, 0.4) is 0 Å². The fraction of sp³-hybridized carbons (Fsp3) is 0.125. The van der Waals surface area contributed by atoms with Gasteiger partial charge in [0, 0.05) is 18.3 Å². The van der Waals surface area contributed by atoms with Gasteiger partial charge in [0.05, 0.1) is 6.33 Å². The molecule has 1 heterocycles. The van der Waals surface area contributed by atoms with Crippen LogP contribution in [-0.4, -0.2) is 16.7 Å². The Labute approximate surface area is 162 Å². The van der Waals surface area contributed by atoms with Crippen molar-refractivity contribution >= 4 is 17.6 Å². The van der Waals surface area contributed by atoms with Gasteiger partial charge in [-0.25, -0.2) is 4.98 Å². The van der Waals surface area contributed by atoms with Crippen molar-refractivity contribution in [3.63, 3.8) is 0 Å². The zero-order chi connectivity index (χ0) is 18.7. The minimum Gasteiger partial charge on any atom is -0.348 e. The number of hydrogen-bond acceptors (Lipinski definition) is 1. The molecule has 0 aliphatic carbocycles. The van der Waals surface area contributed by atoms with E-state index < -0.39 is 0 Å². The predicted octanol–water partition coefficient (Wildman–Crippen LogP) is 4.32. The van der Waals surface area contributed by atoms with Crippen LogP contribution in [0.1, 0.15) is 18.2 Å². The highest BCUT2D eigenvalue weighted by Gasteiger charge is 2.15. The molecule has 4 rings (SSSR count). The average Bonchev–Trinajstić information content (AvgIpc) is 3.25. The van der Waals surface area contributed by atoms with Crippen LogP contribution in [0.5, 0.6) is 0 Å². The molecule has 0 amide bonds. The lowest BCUT2D eigenvalue weighted by Crippen LogP contribution is -2.41. The predicted molar refractivity (Wildman–Crippen MR) is 116 cm³/mol. The van der Waals surface area contributed by atoms with Crippen molar-refractivity contribution in [1.29, 1.82) is 0 Å². The van der Waals surface area contributed by atoms with E-state index in [0.29, 0.717) is 6.71 Å². The van der Waals surface area contributed by atoms with Gasteiger partial charge in [-0.3, -0.25) is 0 Å². The van der Waals surface area contributed by atoms with E-state index >= 15 is 0 Å². The number of aromatic nitrogens is 2. The van der Waals surface area contributed by atoms with Crippen molar-refractivity contribution in [3.8, 4) is 0 Å². The van der Waals surface area contributed by atoms with E-state index in [-0.39, 0.29) is 0 Å². The van der Waals surface area contributed by atoms with Crippen molar-refractivity contribution in [3.05, 3.63) is 115 Å². The largest absolute Gasteiger partial charge is 0.348 e. The number of rotatable bonds is 5. The molecule has 134 valence electrons. The number of hydrogen-bond donors (Lipinski definition) is 1. The second-order valence-corrected chi connectivity index (χ2v) is 6.52. The molecule has 0 bridgehead atoms. The third-order valence-electron chi connectivity index (χ3n) is 4.60. The van der Waals surface area contributed by atoms with Crippen LogP contribution in [0.25, 0.3) is 0 Å². The summed E-state index contributed by atoms with van der Waals surface area (Å²) in [6.07, 6.45) is 5.64. The highest BCUT2D eigenvalue weighted by molar-refractivity contribution is 6.85. The monoisotopic (exact) mass is 352 g/mol. The maximum atomic E-state index is 3.96. The number of nitrogens with zero attached hydrogens (tertiary/aromatic N) is 1. The molecule has 3 aromatic carbocycles. The Morgan fingerprint density at radius 2 is 1.26 bits per heavy atom. The zero-order valence-electron chi connectivity index (χ0n) is 15.8. The third kappa shape index (κ3) is 5.72. The van der Waals surface area contributed by atoms with E-state index in [2.05, 4.69) is 89.7 Å². The molecule has 1 N–H and O–H groups in total. The summed E-state index contributed by atoms with van der Waals surface area (Å²) in [5, 5.41) is 0. The molecule has 4 aromatic rings. The van der Waals surface area contributed by atoms with E-state index in [1.54, 1.807) is 6.33 Å². The lowest BCUT2D eigenvalue weighted by molar-refractivity contribution is 1.11. The maximum absolute atomic E-state index is 3.96. The summed E-state index contributed by atoms with van der Waals surface area (Å²) < 4.78 is 0. The summed E-state index contributed by atoms with van der Waals surface area (Å²) in [5.41, 5.74) is 5.28. The first-order chi connectivity index (χ1) is 13.4. The van der Waals surface area contributed by atoms with Crippen LogP contribution in [0, 0.1) is 0 Å². The Bertz CT molecular complexity index is 836. The van der Waals surface area contributed by atoms with Crippen molar-refractivity contribution in [2.45, 2.75) is 19.7 Å². The molecule has 0 unspecified atom stereocenters. The first-order valence-electron chi connectivity index (χ1n) is 9.48. The number of H-pyrrole nitrogens is 1. The van der Waals surface area contributed by atoms with Crippen LogP contribution in [0.15, 0.2) is 104 Å². The highest BCUT2D eigenvalue weighted by atomic mass is 14.9. The molecule has 0 spiro atoms. The smallest absolute Gasteiger partial charge is 0.209 e. The van der Waals surface area contributed by atoms with Gasteiger partial charge in [-0.15, -0.1) is 0 Å². The number of imidazole rings is 1. The number of benzene rings is 3. The summed E-state index contributed by atoms with van der Waals surface area (Å²) in [4.78, 5) is 7.04. The van der Waals surface area contributed by atoms with Crippen LogP contribution < -0.4 is 10.9 Å². The van der Waals surface area contributed by atoms with Gasteiger partial charge in [0.25, 0.3) is 0 Å². The second kappa shape index (κ2) is 10.2. The Kier molecular flexibility index (Phi) is 7.05. The Morgan fingerprint density at radius 1 is 0.741 bits per heavy atom. The van der Waals surface area contributed by atoms with Gasteiger partial charge in [0.2, 0.25) is 6.71 Å². The molecule has 0 aliphatic rings. The van der Waals surface area contributed by atoms with Gasteiger partial charge in [0.1, 0.15) is 0 Å². The minimum atomic E-state index is 0.535. The molecule has 2 nitrogen and oxygen atoms in total. The quantitative estimate of drug-likeness (QED) is 0.533. The molecule has 0 fully saturated rings. The fourth-order valence-corrected chi connectivity index (χ4v) is 3.23. The summed E-state index contributed by atoms with van der Waals surface area (Å²) in [6, 6.07) is 31.8. The van der Waals surface area contributed by atoms with Crippen molar-refractivity contribution in [1.82, 2.24) is 9.97 Å². The van der Waals surface area contributed by atoms with Gasteiger partial charge >= 0.3 is 0 Å². The molecule has 0 saturated carbocycles. The van der Waals surface area contributed by atoms with Crippen molar-refractivity contribution < 1.29 is 0 Å². The van der Waals surface area contributed by atoms with Crippen LogP contribution >= 0.6 is 0 Å². The number of aromatic amines is 1. The van der Waals surface area contributed by atoms with E-state index in [9.17, 15) is 0 Å². The van der Waals surface area contributed by atoms with Gasteiger partial charge < -0.3 is 4.98 Å². The van der Waals surface area contributed by atoms with Gasteiger partial charge in [-0.1, -0.05) is 115 Å². The summed E-state index contributed by atoms with van der Waals surface area (Å²) in [7, 11) is 0. The van der Waals surface area contributed by atoms with E-state index in [1.165, 1.54) is 16.5 Å². The van der Waals surface area contributed by atoms with E-state index in [4.69, 9.17) is 0 Å². The first kappa shape index (κ1) is 18.7. The summed E-state index contributed by atoms with van der Waals surface area (Å²) in [5.74, 6) is 0. The van der Waals surface area contributed by atoms with Crippen LogP contribution in [0.4, 0.5) is 0 Å². The molecular weight excluding hydrogens is 327 g/mol. The summed E-state index contributed by atoms with van der Waals surface area (Å²) in [6.45, 7) is 2.78. The molecule has 0 saturated heterocycles. The van der Waals surface area contributed by atoms with Crippen molar-refractivity contribution in [2.24, 2.45) is 0 Å². The van der Waals surface area contributed by atoms with Crippen molar-refractivity contribution in [2.75, 3.05) is 0 Å². The zero-order valence-corrected chi connectivity index (χ0v) is 15.8. The first-order valence-corrected chi connectivity index (χ1v) is 9.48. The van der Waals surface area contributed by atoms with Gasteiger partial charge in [-0.05, 0) is 5.56 Å². The number of nitrogens with one attached hydrogen (secondary N) is 1. The topological polar surface area (TPSA) is 28.7 Å². The molecule has 27 heavy (non-hydrogen) atoms. The van der Waals surface area contributed by atoms with E-state index in [1.807, 2.05) is 24.4 Å². The molecule has 0 atom stereocenters. The SMILES string of the molecule is CCB(c1ccccc1)c1ccccc1.c1ccc(Cc2cnc[nH]2)cc1. The average molecular weight is 352 g/mol. The standard InChI is InChI=1S/C14H15B.C10H10N2/c1-2-15(13-9-5-3-6-10-13)14-11-7-4-8-12-14;1-2-4-9(5-3-1)6-10-7-11-8-12-10/h3-12H,2H2,1H3;1-5,7-8H,6H2,(H,11,12). The molecule has 3 heteroatoms. The Hall–Kier alpha value is -3.07. The molecule has 0 aliphatic heterocycles. The van der Waals surface area contributed by atoms with Crippen LogP contribution in [0.2, 0.25) is 6.32 Å². The fourth-order valence-electron chi connectivity index (χ4n) is 3.23. The van der Waals surface area contributed by atoms with Gasteiger partial charge in [0.15, 0.2) is 0 Å². The Morgan fingerprint density at radius 3 is 1.70 bits per heavy atom. The van der Waals surface area contributed by atoms with Crippen LogP contribution in [-0.2, 0) is 6.42 Å². The lowest BCUT2D eigenvalue weighted by Gasteiger charge is -2.11. The molecule has 1 aromatic heterocycles. The Balaban J connectivity index is 0.000000159.